The summed E-state index contributed by atoms with van der Waals surface area (Å²) in [6, 6.07) is 8.43. The molecule has 0 radical (unpaired) electrons. The van der Waals surface area contributed by atoms with Crippen LogP contribution in [-0.4, -0.2) is 28.6 Å². The zero-order chi connectivity index (χ0) is 20.4. The molecule has 1 heterocycles. The first-order chi connectivity index (χ1) is 12.4. The number of carbonyl (C=O) groups excluding carboxylic acids is 1. The second-order valence-corrected chi connectivity index (χ2v) is 10.3. The molecule has 0 aliphatic carbocycles. The topological polar surface area (TPSA) is 98.1 Å². The van der Waals surface area contributed by atoms with Gasteiger partial charge in [-0.15, -0.1) is 0 Å². The Morgan fingerprint density at radius 1 is 1.19 bits per heavy atom. The summed E-state index contributed by atoms with van der Waals surface area (Å²) in [5, 5.41) is 2.70. The van der Waals surface area contributed by atoms with Crippen molar-refractivity contribution in [2.45, 2.75) is 51.7 Å². The second kappa shape index (κ2) is 7.64. The standard InChI is InChI=1S/C19H25N3O4S/c1-13-9-14(2)22(18(24)20-13)11-17(23)21-16-8-6-7-15(10-16)12-27(25,26)19(3,4)5/h6-10H,11-12H2,1-5H3,(H,21,23). The molecule has 0 unspecified atom stereocenters. The van der Waals surface area contributed by atoms with Gasteiger partial charge in [0.25, 0.3) is 0 Å². The minimum Gasteiger partial charge on any atom is -0.325 e. The van der Waals surface area contributed by atoms with Crippen LogP contribution in [0.3, 0.4) is 0 Å². The van der Waals surface area contributed by atoms with Gasteiger partial charge in [-0.1, -0.05) is 12.1 Å². The summed E-state index contributed by atoms with van der Waals surface area (Å²) in [5.74, 6) is -0.498. The van der Waals surface area contributed by atoms with E-state index in [-0.39, 0.29) is 18.2 Å². The minimum atomic E-state index is -3.33. The first kappa shape index (κ1) is 20.8. The van der Waals surface area contributed by atoms with E-state index in [0.29, 0.717) is 22.6 Å². The quantitative estimate of drug-likeness (QED) is 0.843. The maximum Gasteiger partial charge on any atom is 0.348 e. The van der Waals surface area contributed by atoms with Crippen LogP contribution in [0.1, 0.15) is 37.7 Å². The zero-order valence-corrected chi connectivity index (χ0v) is 17.1. The number of carbonyl (C=O) groups is 1. The molecule has 1 aromatic carbocycles. The van der Waals surface area contributed by atoms with Crippen LogP contribution in [0.25, 0.3) is 0 Å². The van der Waals surface area contributed by atoms with Gasteiger partial charge in [-0.2, -0.15) is 4.98 Å². The fourth-order valence-electron chi connectivity index (χ4n) is 2.49. The number of sulfone groups is 1. The molecule has 0 aliphatic rings. The third-order valence-electron chi connectivity index (χ3n) is 4.15. The maximum absolute atomic E-state index is 12.4. The highest BCUT2D eigenvalue weighted by Crippen LogP contribution is 2.22. The van der Waals surface area contributed by atoms with E-state index in [2.05, 4.69) is 10.3 Å². The molecular weight excluding hydrogens is 366 g/mol. The Hall–Kier alpha value is -2.48. The predicted octanol–water partition coefficient (Wildman–Crippen LogP) is 2.21. The molecule has 146 valence electrons. The Kier molecular flexibility index (Phi) is 5.89. The molecule has 2 rings (SSSR count). The summed E-state index contributed by atoms with van der Waals surface area (Å²) in [5.41, 5.74) is 1.84. The molecule has 7 nitrogen and oxygen atoms in total. The van der Waals surface area contributed by atoms with Gasteiger partial charge in [0.05, 0.1) is 10.5 Å². The van der Waals surface area contributed by atoms with E-state index in [1.54, 1.807) is 65.0 Å². The van der Waals surface area contributed by atoms with E-state index >= 15 is 0 Å². The number of rotatable bonds is 5. The fourth-order valence-corrected chi connectivity index (χ4v) is 3.54. The highest BCUT2D eigenvalue weighted by atomic mass is 32.2. The number of benzene rings is 1. The van der Waals surface area contributed by atoms with Crippen LogP contribution >= 0.6 is 0 Å². The van der Waals surface area contributed by atoms with Gasteiger partial charge < -0.3 is 5.32 Å². The lowest BCUT2D eigenvalue weighted by Crippen LogP contribution is -2.31. The zero-order valence-electron chi connectivity index (χ0n) is 16.2. The lowest BCUT2D eigenvalue weighted by molar-refractivity contribution is -0.116. The summed E-state index contributed by atoms with van der Waals surface area (Å²) in [6.07, 6.45) is 0. The molecule has 1 N–H and O–H groups in total. The van der Waals surface area contributed by atoms with Gasteiger partial charge in [0.2, 0.25) is 5.91 Å². The summed E-state index contributed by atoms with van der Waals surface area (Å²) >= 11 is 0. The third-order valence-corrected chi connectivity index (χ3v) is 6.73. The van der Waals surface area contributed by atoms with E-state index in [9.17, 15) is 18.0 Å². The lowest BCUT2D eigenvalue weighted by atomic mass is 10.2. The molecule has 0 aliphatic heterocycles. The number of amides is 1. The molecule has 8 heteroatoms. The van der Waals surface area contributed by atoms with Crippen molar-refractivity contribution in [1.29, 1.82) is 0 Å². The van der Waals surface area contributed by atoms with E-state index in [1.807, 2.05) is 0 Å². The number of hydrogen-bond acceptors (Lipinski definition) is 5. The molecular formula is C19H25N3O4S. The summed E-state index contributed by atoms with van der Waals surface area (Å²) in [7, 11) is -3.33. The number of hydrogen-bond donors (Lipinski definition) is 1. The van der Waals surface area contributed by atoms with Crippen molar-refractivity contribution in [3.63, 3.8) is 0 Å². The Labute approximate surface area is 159 Å². The van der Waals surface area contributed by atoms with Crippen molar-refractivity contribution in [1.82, 2.24) is 9.55 Å². The highest BCUT2D eigenvalue weighted by Gasteiger charge is 2.29. The predicted molar refractivity (Wildman–Crippen MR) is 105 cm³/mol. The average Bonchev–Trinajstić information content (AvgIpc) is 2.49. The maximum atomic E-state index is 12.4. The van der Waals surface area contributed by atoms with Crippen molar-refractivity contribution >= 4 is 21.4 Å². The smallest absolute Gasteiger partial charge is 0.325 e. The number of aromatic nitrogens is 2. The van der Waals surface area contributed by atoms with Crippen LogP contribution in [0.5, 0.6) is 0 Å². The van der Waals surface area contributed by atoms with Gasteiger partial charge in [-0.3, -0.25) is 9.36 Å². The minimum absolute atomic E-state index is 0.110. The van der Waals surface area contributed by atoms with Crippen LogP contribution in [0, 0.1) is 13.8 Å². The van der Waals surface area contributed by atoms with Crippen LogP contribution in [0.15, 0.2) is 35.1 Å². The summed E-state index contributed by atoms with van der Waals surface area (Å²) < 4.78 is 25.2. The molecule has 0 saturated heterocycles. The van der Waals surface area contributed by atoms with Gasteiger partial charge in [-0.25, -0.2) is 13.2 Å². The molecule has 0 spiro atoms. The lowest BCUT2D eigenvalue weighted by Gasteiger charge is -2.19. The van der Waals surface area contributed by atoms with Crippen LogP contribution in [0.2, 0.25) is 0 Å². The molecule has 0 fully saturated rings. The first-order valence-electron chi connectivity index (χ1n) is 8.55. The van der Waals surface area contributed by atoms with E-state index in [0.717, 1.165) is 0 Å². The van der Waals surface area contributed by atoms with Crippen molar-refractivity contribution in [2.24, 2.45) is 0 Å². The van der Waals surface area contributed by atoms with Crippen LogP contribution < -0.4 is 11.0 Å². The number of nitrogens with one attached hydrogen (secondary N) is 1. The second-order valence-electron chi connectivity index (χ2n) is 7.53. The summed E-state index contributed by atoms with van der Waals surface area (Å²) in [4.78, 5) is 28.1. The molecule has 0 atom stereocenters. The Morgan fingerprint density at radius 3 is 2.44 bits per heavy atom. The van der Waals surface area contributed by atoms with E-state index < -0.39 is 20.3 Å². The number of anilines is 1. The van der Waals surface area contributed by atoms with Gasteiger partial charge in [0.1, 0.15) is 6.54 Å². The van der Waals surface area contributed by atoms with E-state index in [1.165, 1.54) is 4.57 Å². The van der Waals surface area contributed by atoms with Gasteiger partial charge >= 0.3 is 5.69 Å². The number of aryl methyl sites for hydroxylation is 2. The van der Waals surface area contributed by atoms with Crippen molar-refractivity contribution in [3.05, 3.63) is 57.8 Å². The monoisotopic (exact) mass is 391 g/mol. The average molecular weight is 391 g/mol. The van der Waals surface area contributed by atoms with Crippen molar-refractivity contribution in [3.8, 4) is 0 Å². The molecule has 0 bridgehead atoms. The van der Waals surface area contributed by atoms with Gasteiger partial charge in [0, 0.05) is 17.1 Å². The van der Waals surface area contributed by atoms with Gasteiger partial charge in [-0.05, 0) is 58.4 Å². The molecule has 1 aromatic heterocycles. The molecule has 1 amide bonds. The van der Waals surface area contributed by atoms with Crippen molar-refractivity contribution < 1.29 is 13.2 Å². The molecule has 2 aromatic rings. The highest BCUT2D eigenvalue weighted by molar-refractivity contribution is 7.91. The summed E-state index contributed by atoms with van der Waals surface area (Å²) in [6.45, 7) is 8.26. The molecule has 27 heavy (non-hydrogen) atoms. The first-order valence-corrected chi connectivity index (χ1v) is 10.2. The van der Waals surface area contributed by atoms with Crippen LogP contribution in [0.4, 0.5) is 5.69 Å². The fraction of sp³-hybridized carbons (Fsp3) is 0.421. The SMILES string of the molecule is Cc1cc(C)n(CC(=O)Nc2cccc(CS(=O)(=O)C(C)(C)C)c2)c(=O)n1. The largest absolute Gasteiger partial charge is 0.348 e. The molecule has 0 saturated carbocycles. The Morgan fingerprint density at radius 2 is 1.85 bits per heavy atom. The van der Waals surface area contributed by atoms with E-state index in [4.69, 9.17) is 0 Å². The van der Waals surface area contributed by atoms with Crippen molar-refractivity contribution in [2.75, 3.05) is 5.32 Å². The van der Waals surface area contributed by atoms with Gasteiger partial charge in [0.15, 0.2) is 9.84 Å². The number of nitrogens with zero attached hydrogens (tertiary/aromatic N) is 2. The van der Waals surface area contributed by atoms with Crippen LogP contribution in [-0.2, 0) is 26.9 Å². The normalized spacial score (nSPS) is 12.0. The Bertz CT molecular complexity index is 1020. The Balaban J connectivity index is 2.15. The third kappa shape index (κ3) is 5.26.